The van der Waals surface area contributed by atoms with Crippen molar-refractivity contribution in [2.24, 2.45) is 0 Å². The van der Waals surface area contributed by atoms with Crippen LogP contribution < -0.4 is 14.8 Å². The van der Waals surface area contributed by atoms with Gasteiger partial charge < -0.3 is 14.8 Å². The molecule has 4 nitrogen and oxygen atoms in total. The molecule has 1 N–H and O–H groups in total. The molecular weight excluding hydrogens is 365 g/mol. The topological polar surface area (TPSA) is 47.6 Å². The Balaban J connectivity index is 1.83. The summed E-state index contributed by atoms with van der Waals surface area (Å²) < 4.78 is 24.2. The minimum Gasteiger partial charge on any atom is -0.497 e. The monoisotopic (exact) mass is 383 g/mol. The zero-order chi connectivity index (χ0) is 19.0. The van der Waals surface area contributed by atoms with E-state index in [4.69, 9.17) is 9.47 Å². The Morgan fingerprint density at radius 3 is 2.59 bits per heavy atom. The standard InChI is InChI=1S/C21H18FNO3S/c1-25-14-7-8-18(26-2)15(9-14)16-10-19(24)23-20-17(11-27-21(16)20)12-3-5-13(22)6-4-12/h3-9,11,16H,10H2,1-2H3,(H,23,24). The highest BCUT2D eigenvalue weighted by atomic mass is 32.1. The van der Waals surface area contributed by atoms with Gasteiger partial charge in [0.1, 0.15) is 17.3 Å². The van der Waals surface area contributed by atoms with Gasteiger partial charge in [-0.05, 0) is 35.9 Å². The van der Waals surface area contributed by atoms with Crippen molar-refractivity contribution in [2.75, 3.05) is 19.5 Å². The average Bonchev–Trinajstić information content (AvgIpc) is 3.11. The van der Waals surface area contributed by atoms with Crippen LogP contribution in [0.4, 0.5) is 10.1 Å². The predicted octanol–water partition coefficient (Wildman–Crippen LogP) is 5.05. The largest absolute Gasteiger partial charge is 0.497 e. The lowest BCUT2D eigenvalue weighted by molar-refractivity contribution is -0.116. The van der Waals surface area contributed by atoms with Crippen LogP contribution in [0.3, 0.4) is 0 Å². The third kappa shape index (κ3) is 3.17. The average molecular weight is 383 g/mol. The van der Waals surface area contributed by atoms with Crippen LogP contribution >= 0.6 is 11.3 Å². The van der Waals surface area contributed by atoms with E-state index in [2.05, 4.69) is 5.32 Å². The Morgan fingerprint density at radius 2 is 1.89 bits per heavy atom. The van der Waals surface area contributed by atoms with Crippen molar-refractivity contribution in [2.45, 2.75) is 12.3 Å². The molecule has 1 aliphatic rings. The summed E-state index contributed by atoms with van der Waals surface area (Å²) in [6, 6.07) is 11.9. The first-order valence-corrected chi connectivity index (χ1v) is 9.37. The normalized spacial score (nSPS) is 15.8. The van der Waals surface area contributed by atoms with Crippen molar-refractivity contribution in [1.82, 2.24) is 0 Å². The molecule has 138 valence electrons. The lowest BCUT2D eigenvalue weighted by Crippen LogP contribution is -2.22. The molecular formula is C21H18FNO3S. The van der Waals surface area contributed by atoms with Crippen LogP contribution in [-0.4, -0.2) is 20.1 Å². The van der Waals surface area contributed by atoms with Gasteiger partial charge in [0.25, 0.3) is 0 Å². The van der Waals surface area contributed by atoms with Crippen molar-refractivity contribution in [3.8, 4) is 22.6 Å². The Kier molecular flexibility index (Phi) is 4.58. The molecule has 0 bridgehead atoms. The van der Waals surface area contributed by atoms with E-state index in [1.165, 1.54) is 12.1 Å². The Morgan fingerprint density at radius 1 is 1.11 bits per heavy atom. The van der Waals surface area contributed by atoms with E-state index in [-0.39, 0.29) is 17.6 Å². The van der Waals surface area contributed by atoms with E-state index in [1.807, 2.05) is 23.6 Å². The quantitative estimate of drug-likeness (QED) is 0.686. The summed E-state index contributed by atoms with van der Waals surface area (Å²) in [6.07, 6.45) is 0.333. The molecule has 0 saturated heterocycles. The number of fused-ring (bicyclic) bond motifs is 1. The number of hydrogen-bond donors (Lipinski definition) is 1. The second-order valence-electron chi connectivity index (χ2n) is 6.31. The molecule has 1 aromatic heterocycles. The van der Waals surface area contributed by atoms with Gasteiger partial charge in [-0.25, -0.2) is 4.39 Å². The summed E-state index contributed by atoms with van der Waals surface area (Å²) in [4.78, 5) is 13.5. The summed E-state index contributed by atoms with van der Waals surface area (Å²) >= 11 is 1.58. The van der Waals surface area contributed by atoms with E-state index in [0.717, 1.165) is 33.0 Å². The van der Waals surface area contributed by atoms with Gasteiger partial charge in [0.05, 0.1) is 19.9 Å². The maximum absolute atomic E-state index is 13.3. The lowest BCUT2D eigenvalue weighted by atomic mass is 9.88. The van der Waals surface area contributed by atoms with Crippen LogP contribution in [0, 0.1) is 5.82 Å². The molecule has 1 atom stereocenters. The number of nitrogens with one attached hydrogen (secondary N) is 1. The third-order valence-corrected chi connectivity index (χ3v) is 5.85. The Labute approximate surface area is 160 Å². The van der Waals surface area contributed by atoms with Crippen molar-refractivity contribution in [3.05, 3.63) is 64.1 Å². The van der Waals surface area contributed by atoms with Crippen LogP contribution in [0.25, 0.3) is 11.1 Å². The molecule has 0 aliphatic carbocycles. The minimum atomic E-state index is -0.286. The highest BCUT2D eigenvalue weighted by molar-refractivity contribution is 7.11. The van der Waals surface area contributed by atoms with Gasteiger partial charge in [0.15, 0.2) is 0 Å². The van der Waals surface area contributed by atoms with Crippen LogP contribution in [0.5, 0.6) is 11.5 Å². The summed E-state index contributed by atoms with van der Waals surface area (Å²) in [5, 5.41) is 5.00. The number of methoxy groups -OCH3 is 2. The fourth-order valence-electron chi connectivity index (χ4n) is 3.43. The van der Waals surface area contributed by atoms with Gasteiger partial charge in [0, 0.05) is 33.7 Å². The number of thiophene rings is 1. The molecule has 1 amide bonds. The molecule has 2 aromatic carbocycles. The molecule has 27 heavy (non-hydrogen) atoms. The number of halogens is 1. The zero-order valence-electron chi connectivity index (χ0n) is 14.9. The molecule has 0 saturated carbocycles. The van der Waals surface area contributed by atoms with Crippen molar-refractivity contribution in [1.29, 1.82) is 0 Å². The second kappa shape index (κ2) is 7.04. The molecule has 4 rings (SSSR count). The predicted molar refractivity (Wildman–Crippen MR) is 104 cm³/mol. The smallest absolute Gasteiger partial charge is 0.225 e. The van der Waals surface area contributed by atoms with Crippen LogP contribution in [-0.2, 0) is 4.79 Å². The fourth-order valence-corrected chi connectivity index (χ4v) is 4.58. The molecule has 1 unspecified atom stereocenters. The van der Waals surface area contributed by atoms with Gasteiger partial charge >= 0.3 is 0 Å². The number of carbonyl (C=O) groups is 1. The summed E-state index contributed by atoms with van der Waals surface area (Å²) in [5.41, 5.74) is 3.47. The van der Waals surface area contributed by atoms with Gasteiger partial charge in [-0.1, -0.05) is 12.1 Å². The maximum atomic E-state index is 13.3. The zero-order valence-corrected chi connectivity index (χ0v) is 15.7. The van der Waals surface area contributed by atoms with Crippen molar-refractivity contribution < 1.29 is 18.7 Å². The summed E-state index contributed by atoms with van der Waals surface area (Å²) in [5.74, 6) is 0.967. The van der Waals surface area contributed by atoms with Gasteiger partial charge in [-0.15, -0.1) is 11.3 Å². The van der Waals surface area contributed by atoms with E-state index in [1.54, 1.807) is 37.7 Å². The number of rotatable bonds is 4. The second-order valence-corrected chi connectivity index (χ2v) is 7.22. The number of carbonyl (C=O) groups excluding carboxylic acids is 1. The highest BCUT2D eigenvalue weighted by Crippen LogP contribution is 2.48. The lowest BCUT2D eigenvalue weighted by Gasteiger charge is -2.25. The molecule has 3 aromatic rings. The van der Waals surface area contributed by atoms with Crippen LogP contribution in [0.1, 0.15) is 22.8 Å². The number of anilines is 1. The molecule has 0 radical (unpaired) electrons. The maximum Gasteiger partial charge on any atom is 0.225 e. The first-order chi connectivity index (χ1) is 13.1. The fraction of sp³-hybridized carbons (Fsp3) is 0.190. The first-order valence-electron chi connectivity index (χ1n) is 8.49. The highest BCUT2D eigenvalue weighted by Gasteiger charge is 2.32. The first kappa shape index (κ1) is 17.5. The van der Waals surface area contributed by atoms with E-state index in [0.29, 0.717) is 12.2 Å². The molecule has 0 fully saturated rings. The summed E-state index contributed by atoms with van der Waals surface area (Å²) in [7, 11) is 3.23. The molecule has 1 aliphatic heterocycles. The van der Waals surface area contributed by atoms with Gasteiger partial charge in [-0.3, -0.25) is 4.79 Å². The number of hydrogen-bond acceptors (Lipinski definition) is 4. The minimum absolute atomic E-state index is 0.0564. The van der Waals surface area contributed by atoms with Crippen LogP contribution in [0.15, 0.2) is 47.8 Å². The van der Waals surface area contributed by atoms with E-state index in [9.17, 15) is 9.18 Å². The SMILES string of the molecule is COc1ccc(OC)c(C2CC(=O)Nc3c(-c4ccc(F)cc4)csc32)c1. The van der Waals surface area contributed by atoms with Crippen molar-refractivity contribution >= 4 is 22.9 Å². The molecule has 0 spiro atoms. The number of benzene rings is 2. The molecule has 2 heterocycles. The third-order valence-electron chi connectivity index (χ3n) is 4.76. The van der Waals surface area contributed by atoms with Gasteiger partial charge in [0.2, 0.25) is 5.91 Å². The number of amides is 1. The van der Waals surface area contributed by atoms with Gasteiger partial charge in [-0.2, -0.15) is 0 Å². The Bertz CT molecular complexity index is 997. The number of ether oxygens (including phenoxy) is 2. The molecule has 6 heteroatoms. The Hall–Kier alpha value is -2.86. The van der Waals surface area contributed by atoms with Crippen molar-refractivity contribution in [3.63, 3.8) is 0 Å². The van der Waals surface area contributed by atoms with E-state index >= 15 is 0 Å². The van der Waals surface area contributed by atoms with Crippen LogP contribution in [0.2, 0.25) is 0 Å². The summed E-state index contributed by atoms with van der Waals surface area (Å²) in [6.45, 7) is 0. The van der Waals surface area contributed by atoms with E-state index < -0.39 is 0 Å².